The van der Waals surface area contributed by atoms with Crippen LogP contribution in [0.3, 0.4) is 0 Å². The average Bonchev–Trinajstić information content (AvgIpc) is 3.20. The quantitative estimate of drug-likeness (QED) is 0.623. The van der Waals surface area contributed by atoms with Crippen molar-refractivity contribution in [3.8, 4) is 11.3 Å². The summed E-state index contributed by atoms with van der Waals surface area (Å²) in [6.07, 6.45) is 7.81. The fourth-order valence-corrected chi connectivity index (χ4v) is 3.67. The van der Waals surface area contributed by atoms with Gasteiger partial charge in [0.1, 0.15) is 6.33 Å². The maximum Gasteiger partial charge on any atom is 0.197 e. The van der Waals surface area contributed by atoms with Gasteiger partial charge >= 0.3 is 0 Å². The first kappa shape index (κ1) is 14.4. The molecule has 7 heteroatoms. The molecular formula is C18H19N7. The first-order valence-corrected chi connectivity index (χ1v) is 8.56. The second-order valence-corrected chi connectivity index (χ2v) is 6.92. The van der Waals surface area contributed by atoms with Gasteiger partial charge in [-0.25, -0.2) is 14.5 Å². The van der Waals surface area contributed by atoms with Crippen LogP contribution in [0.1, 0.15) is 31.4 Å². The molecule has 4 aromatic rings. The molecular weight excluding hydrogens is 314 g/mol. The van der Waals surface area contributed by atoms with Crippen LogP contribution in [0, 0.1) is 12.8 Å². The normalized spacial score (nSPS) is 15.9. The fourth-order valence-electron chi connectivity index (χ4n) is 3.67. The molecule has 0 amide bonds. The van der Waals surface area contributed by atoms with Crippen molar-refractivity contribution in [3.05, 3.63) is 36.4 Å². The van der Waals surface area contributed by atoms with E-state index in [9.17, 15) is 0 Å². The van der Waals surface area contributed by atoms with E-state index in [1.807, 2.05) is 6.20 Å². The zero-order chi connectivity index (χ0) is 17.1. The van der Waals surface area contributed by atoms with Crippen LogP contribution in [0.25, 0.3) is 27.8 Å². The lowest BCUT2D eigenvalue weighted by molar-refractivity contribution is 0.453. The van der Waals surface area contributed by atoms with Crippen LogP contribution < -0.4 is 5.73 Å². The molecule has 3 heterocycles. The van der Waals surface area contributed by atoms with E-state index in [1.54, 1.807) is 10.7 Å². The lowest BCUT2D eigenvalue weighted by Crippen LogP contribution is -2.09. The molecule has 5 rings (SSSR count). The van der Waals surface area contributed by atoms with Gasteiger partial charge in [-0.3, -0.25) is 4.68 Å². The van der Waals surface area contributed by atoms with Crippen LogP contribution in [0.4, 0.5) is 5.82 Å². The zero-order valence-corrected chi connectivity index (χ0v) is 14.2. The molecule has 1 atom stereocenters. The molecule has 7 nitrogen and oxygen atoms in total. The van der Waals surface area contributed by atoms with Crippen molar-refractivity contribution in [3.63, 3.8) is 0 Å². The molecule has 0 aliphatic heterocycles. The van der Waals surface area contributed by atoms with Gasteiger partial charge in [-0.2, -0.15) is 10.2 Å². The average molecular weight is 333 g/mol. The van der Waals surface area contributed by atoms with Crippen molar-refractivity contribution in [1.29, 1.82) is 0 Å². The lowest BCUT2D eigenvalue weighted by atomic mass is 10.1. The van der Waals surface area contributed by atoms with Gasteiger partial charge in [-0.15, -0.1) is 0 Å². The van der Waals surface area contributed by atoms with Crippen LogP contribution in [0.15, 0.2) is 30.9 Å². The number of nitrogen functional groups attached to an aromatic ring is 1. The Balaban J connectivity index is 1.68. The van der Waals surface area contributed by atoms with Gasteiger partial charge in [-0.1, -0.05) is 0 Å². The van der Waals surface area contributed by atoms with Crippen molar-refractivity contribution in [2.75, 3.05) is 5.73 Å². The fraction of sp³-hybridized carbons (Fsp3) is 0.333. The van der Waals surface area contributed by atoms with E-state index in [1.165, 1.54) is 30.2 Å². The van der Waals surface area contributed by atoms with Gasteiger partial charge in [0, 0.05) is 10.9 Å². The summed E-state index contributed by atoms with van der Waals surface area (Å²) in [5.74, 6) is 1.14. The molecule has 126 valence electrons. The summed E-state index contributed by atoms with van der Waals surface area (Å²) in [6.45, 7) is 4.40. The first-order chi connectivity index (χ1) is 12.1. The number of anilines is 1. The Bertz CT molecular complexity index is 1100. The van der Waals surface area contributed by atoms with Crippen molar-refractivity contribution in [1.82, 2.24) is 29.4 Å². The van der Waals surface area contributed by atoms with Crippen molar-refractivity contribution >= 4 is 22.4 Å². The topological polar surface area (TPSA) is 86.9 Å². The SMILES string of the molecule is Cc1cc(-c2cnc3c(N)ncnn23)cc2cnn(C(C)C3CC3)c12. The number of benzene rings is 1. The Morgan fingerprint density at radius 2 is 2.00 bits per heavy atom. The highest BCUT2D eigenvalue weighted by Gasteiger charge is 2.30. The molecule has 3 aromatic heterocycles. The van der Waals surface area contributed by atoms with E-state index in [4.69, 9.17) is 5.73 Å². The molecule has 1 saturated carbocycles. The molecule has 0 saturated heterocycles. The van der Waals surface area contributed by atoms with Crippen LogP contribution in [0.2, 0.25) is 0 Å². The highest BCUT2D eigenvalue weighted by Crippen LogP contribution is 2.41. The van der Waals surface area contributed by atoms with Crippen LogP contribution in [-0.4, -0.2) is 29.4 Å². The van der Waals surface area contributed by atoms with E-state index in [-0.39, 0.29) is 0 Å². The van der Waals surface area contributed by atoms with Gasteiger partial charge < -0.3 is 5.73 Å². The highest BCUT2D eigenvalue weighted by atomic mass is 15.3. The van der Waals surface area contributed by atoms with E-state index >= 15 is 0 Å². The third-order valence-electron chi connectivity index (χ3n) is 5.20. The number of nitrogens with zero attached hydrogens (tertiary/aromatic N) is 6. The number of nitrogens with two attached hydrogens (primary N) is 1. The van der Waals surface area contributed by atoms with E-state index < -0.39 is 0 Å². The molecule has 0 bridgehead atoms. The molecule has 2 N–H and O–H groups in total. The maximum absolute atomic E-state index is 5.89. The number of hydrogen-bond donors (Lipinski definition) is 1. The molecule has 25 heavy (non-hydrogen) atoms. The number of aryl methyl sites for hydroxylation is 1. The molecule has 1 aliphatic carbocycles. The van der Waals surface area contributed by atoms with Crippen molar-refractivity contribution < 1.29 is 0 Å². The summed E-state index contributed by atoms with van der Waals surface area (Å²) in [5.41, 5.74) is 10.8. The van der Waals surface area contributed by atoms with Crippen molar-refractivity contribution in [2.45, 2.75) is 32.7 Å². The molecule has 1 aliphatic rings. The molecule has 0 radical (unpaired) electrons. The minimum atomic E-state index is 0.380. The Morgan fingerprint density at radius 3 is 2.80 bits per heavy atom. The van der Waals surface area contributed by atoms with Crippen LogP contribution in [-0.2, 0) is 0 Å². The van der Waals surface area contributed by atoms with Gasteiger partial charge in [-0.05, 0) is 50.3 Å². The number of aromatic nitrogens is 6. The van der Waals surface area contributed by atoms with Gasteiger partial charge in [0.05, 0.1) is 29.6 Å². The largest absolute Gasteiger partial charge is 0.381 e. The standard InChI is InChI=1S/C18H19N7/c1-10-5-13(15-8-20-18-17(19)21-9-23-25(15)18)6-14-7-22-24(16(10)14)11(2)12-3-4-12/h5-9,11-12H,3-4H2,1-2H3,(H2,19,21,23). The minimum absolute atomic E-state index is 0.380. The van der Waals surface area contributed by atoms with Crippen molar-refractivity contribution in [2.24, 2.45) is 5.92 Å². The lowest BCUT2D eigenvalue weighted by Gasteiger charge is -2.14. The minimum Gasteiger partial charge on any atom is -0.381 e. The third-order valence-corrected chi connectivity index (χ3v) is 5.20. The molecule has 0 spiro atoms. The van der Waals surface area contributed by atoms with E-state index in [0.717, 1.165) is 22.6 Å². The summed E-state index contributed by atoms with van der Waals surface area (Å²) in [7, 11) is 0. The second kappa shape index (κ2) is 5.02. The summed E-state index contributed by atoms with van der Waals surface area (Å²) >= 11 is 0. The maximum atomic E-state index is 5.89. The predicted molar refractivity (Wildman–Crippen MR) is 96.1 cm³/mol. The van der Waals surface area contributed by atoms with Gasteiger partial charge in [0.2, 0.25) is 0 Å². The zero-order valence-electron chi connectivity index (χ0n) is 14.2. The summed E-state index contributed by atoms with van der Waals surface area (Å²) < 4.78 is 3.92. The number of fused-ring (bicyclic) bond motifs is 2. The predicted octanol–water partition coefficient (Wildman–Crippen LogP) is 3.00. The summed E-state index contributed by atoms with van der Waals surface area (Å²) in [4.78, 5) is 8.36. The smallest absolute Gasteiger partial charge is 0.197 e. The number of imidazole rings is 1. The van der Waals surface area contributed by atoms with Gasteiger partial charge in [0.25, 0.3) is 0 Å². The van der Waals surface area contributed by atoms with Gasteiger partial charge in [0.15, 0.2) is 11.5 Å². The van der Waals surface area contributed by atoms with E-state index in [2.05, 4.69) is 50.8 Å². The Morgan fingerprint density at radius 1 is 1.16 bits per heavy atom. The number of hydrogen-bond acceptors (Lipinski definition) is 5. The van der Waals surface area contributed by atoms with Crippen LogP contribution >= 0.6 is 0 Å². The molecule has 1 aromatic carbocycles. The Kier molecular flexibility index (Phi) is 2.89. The van der Waals surface area contributed by atoms with E-state index in [0.29, 0.717) is 17.5 Å². The summed E-state index contributed by atoms with van der Waals surface area (Å²) in [6, 6.07) is 4.76. The molecule has 1 fully saturated rings. The van der Waals surface area contributed by atoms with Crippen LogP contribution in [0.5, 0.6) is 0 Å². The highest BCUT2D eigenvalue weighted by molar-refractivity contribution is 5.87. The second-order valence-electron chi connectivity index (χ2n) is 6.92. The summed E-state index contributed by atoms with van der Waals surface area (Å²) in [5, 5.41) is 10.1. The molecule has 1 unspecified atom stereocenters. The monoisotopic (exact) mass is 333 g/mol. The Hall–Kier alpha value is -2.96. The first-order valence-electron chi connectivity index (χ1n) is 8.56. The third kappa shape index (κ3) is 2.12. The Labute approximate surface area is 144 Å². The number of rotatable bonds is 3.